The number of carbonyl (C=O) groups is 2. The SMILES string of the molecule is Cc1ccc(COc2nsc(NC(=O)NCC3CCCCC3)c2C(N)=O)cc1. The van der Waals surface area contributed by atoms with Crippen LogP contribution in [0.2, 0.25) is 0 Å². The first-order valence-corrected chi connectivity index (χ1v) is 10.3. The van der Waals surface area contributed by atoms with Gasteiger partial charge in [-0.25, -0.2) is 4.79 Å². The number of aromatic nitrogens is 1. The first-order valence-electron chi connectivity index (χ1n) is 9.55. The van der Waals surface area contributed by atoms with Crippen molar-refractivity contribution in [2.75, 3.05) is 11.9 Å². The average molecular weight is 403 g/mol. The van der Waals surface area contributed by atoms with Crippen molar-refractivity contribution >= 4 is 28.5 Å². The Morgan fingerprint density at radius 3 is 2.61 bits per heavy atom. The lowest BCUT2D eigenvalue weighted by Gasteiger charge is -2.21. The quantitative estimate of drug-likeness (QED) is 0.654. The Morgan fingerprint density at radius 1 is 1.21 bits per heavy atom. The van der Waals surface area contributed by atoms with Crippen LogP contribution in [0.25, 0.3) is 0 Å². The summed E-state index contributed by atoms with van der Waals surface area (Å²) >= 11 is 0.984. The summed E-state index contributed by atoms with van der Waals surface area (Å²) in [6, 6.07) is 7.51. The first-order chi connectivity index (χ1) is 13.5. The van der Waals surface area contributed by atoms with Gasteiger partial charge in [-0.1, -0.05) is 49.1 Å². The molecule has 1 aliphatic rings. The van der Waals surface area contributed by atoms with Gasteiger partial charge in [-0.15, -0.1) is 0 Å². The summed E-state index contributed by atoms with van der Waals surface area (Å²) in [5.74, 6) is -0.0270. The number of hydrogen-bond donors (Lipinski definition) is 3. The second-order valence-corrected chi connectivity index (χ2v) is 7.94. The van der Waals surface area contributed by atoms with Crippen LogP contribution < -0.4 is 21.1 Å². The summed E-state index contributed by atoms with van der Waals surface area (Å²) < 4.78 is 9.82. The molecule has 1 aromatic carbocycles. The number of primary amides is 1. The third-order valence-corrected chi connectivity index (χ3v) is 5.65. The van der Waals surface area contributed by atoms with Crippen LogP contribution in [0.4, 0.5) is 9.80 Å². The zero-order chi connectivity index (χ0) is 19.9. The van der Waals surface area contributed by atoms with Crippen LogP contribution in [0.1, 0.15) is 53.6 Å². The normalized spacial score (nSPS) is 14.5. The lowest BCUT2D eigenvalue weighted by Crippen LogP contribution is -2.34. The molecule has 3 rings (SSSR count). The highest BCUT2D eigenvalue weighted by molar-refractivity contribution is 7.11. The van der Waals surface area contributed by atoms with E-state index in [-0.39, 0.29) is 24.1 Å². The van der Waals surface area contributed by atoms with E-state index < -0.39 is 5.91 Å². The Labute approximate surface area is 168 Å². The molecule has 4 N–H and O–H groups in total. The highest BCUT2D eigenvalue weighted by atomic mass is 32.1. The highest BCUT2D eigenvalue weighted by Gasteiger charge is 2.22. The third kappa shape index (κ3) is 5.45. The zero-order valence-electron chi connectivity index (χ0n) is 16.0. The van der Waals surface area contributed by atoms with Gasteiger partial charge in [0.25, 0.3) is 5.91 Å². The molecule has 0 spiro atoms. The molecule has 28 heavy (non-hydrogen) atoms. The molecule has 0 unspecified atom stereocenters. The molecule has 3 amide bonds. The minimum atomic E-state index is -0.685. The molecule has 0 saturated heterocycles. The van der Waals surface area contributed by atoms with E-state index in [1.54, 1.807) is 0 Å². The topological polar surface area (TPSA) is 106 Å². The molecule has 0 aliphatic heterocycles. The van der Waals surface area contributed by atoms with Gasteiger partial charge in [0.1, 0.15) is 17.2 Å². The number of aryl methyl sites for hydroxylation is 1. The molecule has 1 aromatic heterocycles. The van der Waals surface area contributed by atoms with E-state index in [2.05, 4.69) is 15.0 Å². The molecule has 1 saturated carbocycles. The highest BCUT2D eigenvalue weighted by Crippen LogP contribution is 2.31. The Bertz CT molecular complexity index is 813. The summed E-state index contributed by atoms with van der Waals surface area (Å²) in [6.07, 6.45) is 6.00. The minimum Gasteiger partial charge on any atom is -0.472 e. The Balaban J connectivity index is 1.58. The van der Waals surface area contributed by atoms with Crippen molar-refractivity contribution in [2.24, 2.45) is 11.7 Å². The molecule has 7 nitrogen and oxygen atoms in total. The molecule has 8 heteroatoms. The van der Waals surface area contributed by atoms with E-state index in [1.807, 2.05) is 31.2 Å². The molecular formula is C20H26N4O3S. The van der Waals surface area contributed by atoms with Crippen molar-refractivity contribution in [3.05, 3.63) is 41.0 Å². The van der Waals surface area contributed by atoms with Gasteiger partial charge in [-0.3, -0.25) is 10.1 Å². The average Bonchev–Trinajstić information content (AvgIpc) is 3.09. The molecule has 150 valence electrons. The Hall–Kier alpha value is -2.61. The predicted octanol–water partition coefficient (Wildman–Crippen LogP) is 3.83. The smallest absolute Gasteiger partial charge is 0.319 e. The lowest BCUT2D eigenvalue weighted by atomic mass is 9.89. The molecule has 0 radical (unpaired) electrons. The van der Waals surface area contributed by atoms with Crippen molar-refractivity contribution in [3.8, 4) is 5.88 Å². The number of amides is 3. The summed E-state index contributed by atoms with van der Waals surface area (Å²) in [4.78, 5) is 24.1. The number of carbonyl (C=O) groups excluding carboxylic acids is 2. The van der Waals surface area contributed by atoms with Crippen LogP contribution in [-0.4, -0.2) is 22.9 Å². The van der Waals surface area contributed by atoms with Crippen LogP contribution in [0.3, 0.4) is 0 Å². The van der Waals surface area contributed by atoms with E-state index in [1.165, 1.54) is 19.3 Å². The molecule has 2 aromatic rings. The summed E-state index contributed by atoms with van der Waals surface area (Å²) in [5, 5.41) is 5.86. The summed E-state index contributed by atoms with van der Waals surface area (Å²) in [6.45, 7) is 2.90. The van der Waals surface area contributed by atoms with Crippen LogP contribution in [0.15, 0.2) is 24.3 Å². The largest absolute Gasteiger partial charge is 0.472 e. The number of nitrogens with two attached hydrogens (primary N) is 1. The van der Waals surface area contributed by atoms with E-state index in [9.17, 15) is 9.59 Å². The summed E-state index contributed by atoms with van der Waals surface area (Å²) in [7, 11) is 0. The molecular weight excluding hydrogens is 376 g/mol. The molecule has 0 atom stereocenters. The van der Waals surface area contributed by atoms with Crippen molar-refractivity contribution in [1.29, 1.82) is 0 Å². The van der Waals surface area contributed by atoms with Crippen molar-refractivity contribution in [3.63, 3.8) is 0 Å². The number of nitrogens with zero attached hydrogens (tertiary/aromatic N) is 1. The number of anilines is 1. The van der Waals surface area contributed by atoms with Crippen LogP contribution >= 0.6 is 11.5 Å². The molecule has 1 heterocycles. The van der Waals surface area contributed by atoms with Gasteiger partial charge in [0, 0.05) is 6.54 Å². The van der Waals surface area contributed by atoms with Crippen molar-refractivity contribution in [1.82, 2.24) is 9.69 Å². The predicted molar refractivity (Wildman–Crippen MR) is 110 cm³/mol. The van der Waals surface area contributed by atoms with Crippen molar-refractivity contribution < 1.29 is 14.3 Å². The fraction of sp³-hybridized carbons (Fsp3) is 0.450. The molecule has 1 fully saturated rings. The standard InChI is InChI=1S/C20H26N4O3S/c1-13-7-9-15(10-8-13)12-27-18-16(17(21)25)19(28-24-18)23-20(26)22-11-14-5-3-2-4-6-14/h7-10,14H,2-6,11-12H2,1H3,(H2,21,25)(H2,22,23,26). The fourth-order valence-electron chi connectivity index (χ4n) is 3.29. The van der Waals surface area contributed by atoms with E-state index in [4.69, 9.17) is 10.5 Å². The summed E-state index contributed by atoms with van der Waals surface area (Å²) in [5.41, 5.74) is 7.70. The van der Waals surface area contributed by atoms with Gasteiger partial charge < -0.3 is 15.8 Å². The number of benzene rings is 1. The van der Waals surface area contributed by atoms with Gasteiger partial charge in [-0.05, 0) is 42.8 Å². The first kappa shape index (κ1) is 20.1. The van der Waals surface area contributed by atoms with Crippen LogP contribution in [0.5, 0.6) is 5.88 Å². The molecule has 0 bridgehead atoms. The third-order valence-electron chi connectivity index (χ3n) is 4.91. The Kier molecular flexibility index (Phi) is 6.86. The number of nitrogens with one attached hydrogen (secondary N) is 2. The van der Waals surface area contributed by atoms with E-state index in [0.29, 0.717) is 17.5 Å². The number of ether oxygens (including phenoxy) is 1. The second-order valence-electron chi connectivity index (χ2n) is 7.17. The monoisotopic (exact) mass is 402 g/mol. The Morgan fingerprint density at radius 2 is 1.93 bits per heavy atom. The van der Waals surface area contributed by atoms with E-state index in [0.717, 1.165) is 35.5 Å². The van der Waals surface area contributed by atoms with Crippen molar-refractivity contribution in [2.45, 2.75) is 45.6 Å². The van der Waals surface area contributed by atoms with Gasteiger partial charge in [0.2, 0.25) is 5.88 Å². The minimum absolute atomic E-state index is 0.102. The second kappa shape index (κ2) is 9.54. The number of hydrogen-bond acceptors (Lipinski definition) is 5. The maximum Gasteiger partial charge on any atom is 0.319 e. The van der Waals surface area contributed by atoms with Gasteiger partial charge in [0.15, 0.2) is 0 Å². The maximum absolute atomic E-state index is 12.2. The van der Waals surface area contributed by atoms with Crippen LogP contribution in [0, 0.1) is 12.8 Å². The van der Waals surface area contributed by atoms with E-state index >= 15 is 0 Å². The van der Waals surface area contributed by atoms with Gasteiger partial charge in [0.05, 0.1) is 0 Å². The fourth-order valence-corrected chi connectivity index (χ4v) is 4.02. The molecule has 1 aliphatic carbocycles. The lowest BCUT2D eigenvalue weighted by molar-refractivity contribution is 0.0996. The van der Waals surface area contributed by atoms with Crippen LogP contribution in [-0.2, 0) is 6.61 Å². The van der Waals surface area contributed by atoms with Gasteiger partial charge in [-0.2, -0.15) is 4.37 Å². The zero-order valence-corrected chi connectivity index (χ0v) is 16.8. The maximum atomic E-state index is 12.2. The van der Waals surface area contributed by atoms with Gasteiger partial charge >= 0.3 is 6.03 Å². The number of rotatable bonds is 7. The number of urea groups is 1.